The molecule has 0 saturated carbocycles. The summed E-state index contributed by atoms with van der Waals surface area (Å²) in [7, 11) is 0. The Labute approximate surface area is 61.4 Å². The van der Waals surface area contributed by atoms with Crippen LogP contribution in [0.15, 0.2) is 6.07 Å². The third-order valence-corrected chi connectivity index (χ3v) is 1.12. The summed E-state index contributed by atoms with van der Waals surface area (Å²) in [4.78, 5) is 20.0. The van der Waals surface area contributed by atoms with Crippen LogP contribution in [-0.2, 0) is 0 Å². The Morgan fingerprint density at radius 3 is 2.73 bits per heavy atom. The van der Waals surface area contributed by atoms with Crippen molar-refractivity contribution >= 4 is 11.6 Å². The predicted octanol–water partition coefficient (Wildman–Crippen LogP) is 0.520. The fourth-order valence-electron chi connectivity index (χ4n) is 0.585. The molecule has 0 bridgehead atoms. The highest BCUT2D eigenvalue weighted by molar-refractivity contribution is 5.92. The largest absolute Gasteiger partial charge is 0.358 e. The number of hydrogen-bond acceptors (Lipinski definition) is 4. The number of H-pyrrole nitrogens is 1. The van der Waals surface area contributed by atoms with E-state index < -0.39 is 4.92 Å². The molecule has 0 aliphatic heterocycles. The summed E-state index contributed by atoms with van der Waals surface area (Å²) < 4.78 is 0. The zero-order valence-corrected chi connectivity index (χ0v) is 5.70. The molecule has 1 aromatic heterocycles. The third-order valence-electron chi connectivity index (χ3n) is 1.12. The maximum Gasteiger partial charge on any atom is 0.343 e. The summed E-state index contributed by atoms with van der Waals surface area (Å²) in [5, 5.41) is 15.6. The van der Waals surface area contributed by atoms with E-state index in [-0.39, 0.29) is 17.3 Å². The minimum Gasteiger partial charge on any atom is -0.358 e. The molecule has 11 heavy (non-hydrogen) atoms. The summed E-state index contributed by atoms with van der Waals surface area (Å²) in [6, 6.07) is 1.10. The smallest absolute Gasteiger partial charge is 0.343 e. The fourth-order valence-corrected chi connectivity index (χ4v) is 0.585. The van der Waals surface area contributed by atoms with Gasteiger partial charge in [-0.25, -0.2) is 0 Å². The summed E-state index contributed by atoms with van der Waals surface area (Å²) in [6.45, 7) is 1.29. The Morgan fingerprint density at radius 2 is 2.45 bits per heavy atom. The van der Waals surface area contributed by atoms with Crippen molar-refractivity contribution in [2.24, 2.45) is 0 Å². The molecule has 0 aliphatic carbocycles. The number of carbonyl (C=O) groups excluding carboxylic acids is 1. The fraction of sp³-hybridized carbons (Fsp3) is 0.200. The lowest BCUT2D eigenvalue weighted by Crippen LogP contribution is -1.90. The maximum absolute atomic E-state index is 10.6. The number of Topliss-reactive ketones (excluding diaryl/α,β-unsaturated/α-hetero) is 1. The van der Waals surface area contributed by atoms with Gasteiger partial charge >= 0.3 is 5.82 Å². The van der Waals surface area contributed by atoms with Crippen LogP contribution < -0.4 is 0 Å². The number of ketones is 1. The zero-order chi connectivity index (χ0) is 8.43. The number of aromatic nitrogens is 2. The average molecular weight is 155 g/mol. The number of nitro groups is 1. The second-order valence-electron chi connectivity index (χ2n) is 1.95. The van der Waals surface area contributed by atoms with Crippen LogP contribution in [0.4, 0.5) is 5.82 Å². The van der Waals surface area contributed by atoms with Gasteiger partial charge in [0.25, 0.3) is 0 Å². The minimum absolute atomic E-state index is 0.0803. The molecule has 0 atom stereocenters. The van der Waals surface area contributed by atoms with Gasteiger partial charge in [-0.15, -0.1) is 5.10 Å². The van der Waals surface area contributed by atoms with Gasteiger partial charge < -0.3 is 10.1 Å². The molecule has 1 rings (SSSR count). The SMILES string of the molecule is CC(=O)c1cc([N+](=O)[O-])[nH]n1. The van der Waals surface area contributed by atoms with Crippen LogP contribution in [0.25, 0.3) is 0 Å². The van der Waals surface area contributed by atoms with E-state index in [1.165, 1.54) is 6.92 Å². The molecule has 0 unspecified atom stereocenters. The zero-order valence-electron chi connectivity index (χ0n) is 5.70. The van der Waals surface area contributed by atoms with Gasteiger partial charge in [0.05, 0.1) is 6.07 Å². The molecular weight excluding hydrogens is 150 g/mol. The van der Waals surface area contributed by atoms with E-state index in [1.807, 2.05) is 0 Å². The van der Waals surface area contributed by atoms with E-state index in [0.29, 0.717) is 0 Å². The van der Waals surface area contributed by atoms with Gasteiger partial charge in [-0.05, 0) is 4.92 Å². The van der Waals surface area contributed by atoms with E-state index in [9.17, 15) is 14.9 Å². The van der Waals surface area contributed by atoms with E-state index in [2.05, 4.69) is 10.2 Å². The number of carbonyl (C=O) groups is 1. The first-order valence-corrected chi connectivity index (χ1v) is 2.82. The van der Waals surface area contributed by atoms with Crippen molar-refractivity contribution in [1.82, 2.24) is 10.2 Å². The second kappa shape index (κ2) is 2.49. The van der Waals surface area contributed by atoms with Crippen LogP contribution in [-0.4, -0.2) is 20.9 Å². The van der Waals surface area contributed by atoms with Gasteiger partial charge in [0, 0.05) is 6.92 Å². The first-order valence-electron chi connectivity index (χ1n) is 2.82. The number of rotatable bonds is 2. The van der Waals surface area contributed by atoms with Crippen molar-refractivity contribution in [1.29, 1.82) is 0 Å². The van der Waals surface area contributed by atoms with Gasteiger partial charge in [-0.2, -0.15) is 0 Å². The van der Waals surface area contributed by atoms with E-state index in [1.54, 1.807) is 0 Å². The minimum atomic E-state index is -0.639. The second-order valence-corrected chi connectivity index (χ2v) is 1.95. The molecule has 6 nitrogen and oxygen atoms in total. The van der Waals surface area contributed by atoms with Crippen LogP contribution in [0.1, 0.15) is 17.4 Å². The van der Waals surface area contributed by atoms with E-state index in [0.717, 1.165) is 6.07 Å². The first kappa shape index (κ1) is 7.39. The summed E-state index contributed by atoms with van der Waals surface area (Å²) in [6.07, 6.45) is 0. The highest BCUT2D eigenvalue weighted by Crippen LogP contribution is 2.07. The number of aromatic amines is 1. The Hall–Kier alpha value is -1.72. The van der Waals surface area contributed by atoms with Gasteiger partial charge in [0.1, 0.15) is 0 Å². The van der Waals surface area contributed by atoms with Crippen molar-refractivity contribution in [3.05, 3.63) is 21.9 Å². The van der Waals surface area contributed by atoms with Gasteiger partial charge in [-0.3, -0.25) is 4.79 Å². The topological polar surface area (TPSA) is 88.9 Å². The average Bonchev–Trinajstić information content (AvgIpc) is 2.33. The monoisotopic (exact) mass is 155 g/mol. The molecule has 0 aliphatic rings. The quantitative estimate of drug-likeness (QED) is 0.383. The normalized spacial score (nSPS) is 9.55. The molecule has 1 N–H and O–H groups in total. The molecular formula is C5H5N3O3. The van der Waals surface area contributed by atoms with Crippen LogP contribution in [0.2, 0.25) is 0 Å². The van der Waals surface area contributed by atoms with Crippen LogP contribution in [0.3, 0.4) is 0 Å². The molecule has 0 radical (unpaired) electrons. The van der Waals surface area contributed by atoms with Crippen LogP contribution in [0, 0.1) is 10.1 Å². The molecule has 0 spiro atoms. The lowest BCUT2D eigenvalue weighted by Gasteiger charge is -1.83. The van der Waals surface area contributed by atoms with E-state index in [4.69, 9.17) is 0 Å². The highest BCUT2D eigenvalue weighted by Gasteiger charge is 2.11. The van der Waals surface area contributed by atoms with Crippen LogP contribution >= 0.6 is 0 Å². The van der Waals surface area contributed by atoms with Crippen molar-refractivity contribution in [3.63, 3.8) is 0 Å². The van der Waals surface area contributed by atoms with Crippen molar-refractivity contribution < 1.29 is 9.72 Å². The lowest BCUT2D eigenvalue weighted by molar-refractivity contribution is -0.389. The van der Waals surface area contributed by atoms with Crippen molar-refractivity contribution in [3.8, 4) is 0 Å². The maximum atomic E-state index is 10.6. The predicted molar refractivity (Wildman–Crippen MR) is 35.2 cm³/mol. The molecule has 1 heterocycles. The molecule has 0 saturated heterocycles. The van der Waals surface area contributed by atoms with Crippen molar-refractivity contribution in [2.75, 3.05) is 0 Å². The Kier molecular flexibility index (Phi) is 1.67. The van der Waals surface area contributed by atoms with E-state index >= 15 is 0 Å². The number of hydrogen-bond donors (Lipinski definition) is 1. The molecule has 6 heteroatoms. The summed E-state index contributed by atoms with van der Waals surface area (Å²) >= 11 is 0. The van der Waals surface area contributed by atoms with Crippen molar-refractivity contribution in [2.45, 2.75) is 6.92 Å². The number of nitrogens with one attached hydrogen (secondary N) is 1. The Balaban J connectivity index is 2.99. The highest BCUT2D eigenvalue weighted by atomic mass is 16.6. The lowest BCUT2D eigenvalue weighted by atomic mass is 10.3. The van der Waals surface area contributed by atoms with Gasteiger partial charge in [-0.1, -0.05) is 5.10 Å². The van der Waals surface area contributed by atoms with Gasteiger partial charge in [0.2, 0.25) is 0 Å². The molecule has 0 aromatic carbocycles. The molecule has 1 aromatic rings. The third kappa shape index (κ3) is 1.40. The number of nitrogens with zero attached hydrogens (tertiary/aromatic N) is 2. The first-order chi connectivity index (χ1) is 5.11. The molecule has 0 amide bonds. The van der Waals surface area contributed by atoms with Crippen LogP contribution in [0.5, 0.6) is 0 Å². The molecule has 58 valence electrons. The standard InChI is InChI=1S/C5H5N3O3/c1-3(9)4-2-5(7-6-4)8(10)11/h2H,1H3,(H,6,7). The molecule has 0 fully saturated rings. The summed E-state index contributed by atoms with van der Waals surface area (Å²) in [5.41, 5.74) is 0.0803. The summed E-state index contributed by atoms with van der Waals surface area (Å²) in [5.74, 6) is -0.565. The Morgan fingerprint density at radius 1 is 1.82 bits per heavy atom. The van der Waals surface area contributed by atoms with Gasteiger partial charge in [0.15, 0.2) is 11.5 Å². The Bertz CT molecular complexity index is 275.